The van der Waals surface area contributed by atoms with E-state index in [0.717, 1.165) is 5.56 Å². The van der Waals surface area contributed by atoms with E-state index in [0.29, 0.717) is 5.75 Å². The van der Waals surface area contributed by atoms with E-state index in [1.54, 1.807) is 12.1 Å². The van der Waals surface area contributed by atoms with Crippen molar-refractivity contribution in [1.29, 1.82) is 0 Å². The summed E-state index contributed by atoms with van der Waals surface area (Å²) in [5, 5.41) is 11.9. The van der Waals surface area contributed by atoms with Crippen molar-refractivity contribution < 1.29 is 5.11 Å². The van der Waals surface area contributed by atoms with E-state index >= 15 is 0 Å². The van der Waals surface area contributed by atoms with Gasteiger partial charge in [-0.25, -0.2) is 0 Å². The van der Waals surface area contributed by atoms with Crippen molar-refractivity contribution in [3.05, 3.63) is 66.2 Å². The number of hydrogen-bond donors (Lipinski definition) is 1. The third-order valence-electron chi connectivity index (χ3n) is 3.18. The topological polar surface area (TPSA) is 20.2 Å². The Labute approximate surface area is 106 Å². The van der Waals surface area contributed by atoms with Gasteiger partial charge in [0.2, 0.25) is 0 Å². The number of aromatic hydroxyl groups is 1. The number of rotatable bonds is 1. The molecule has 0 saturated heterocycles. The first kappa shape index (κ1) is 10.8. The first-order valence-corrected chi connectivity index (χ1v) is 6.03. The Balaban J connectivity index is 2.31. The number of benzene rings is 3. The molecule has 0 aromatic heterocycles. The highest BCUT2D eigenvalue weighted by atomic mass is 16.3. The van der Waals surface area contributed by atoms with E-state index in [-0.39, 0.29) is 0 Å². The van der Waals surface area contributed by atoms with E-state index in [1.165, 1.54) is 21.9 Å². The fraction of sp³-hybridized carbons (Fsp3) is 0.0588. The van der Waals surface area contributed by atoms with Crippen LogP contribution in [0.4, 0.5) is 0 Å². The first-order chi connectivity index (χ1) is 8.74. The van der Waals surface area contributed by atoms with Gasteiger partial charge in [0.05, 0.1) is 0 Å². The van der Waals surface area contributed by atoms with Gasteiger partial charge in [-0.2, -0.15) is 0 Å². The summed E-state index contributed by atoms with van der Waals surface area (Å²) in [7, 11) is 0. The van der Waals surface area contributed by atoms with Gasteiger partial charge in [-0.1, -0.05) is 48.5 Å². The molecule has 1 nitrogen and oxygen atoms in total. The summed E-state index contributed by atoms with van der Waals surface area (Å²) in [6.07, 6.45) is 0. The maximum absolute atomic E-state index is 9.37. The van der Waals surface area contributed by atoms with Crippen LogP contribution in [0.1, 0.15) is 5.56 Å². The summed E-state index contributed by atoms with van der Waals surface area (Å²) in [5.41, 5.74) is 3.59. The molecule has 0 aliphatic rings. The Morgan fingerprint density at radius 2 is 1.56 bits per heavy atom. The van der Waals surface area contributed by atoms with Gasteiger partial charge in [0.25, 0.3) is 0 Å². The van der Waals surface area contributed by atoms with Crippen molar-refractivity contribution in [3.8, 4) is 16.9 Å². The molecule has 0 aliphatic heterocycles. The van der Waals surface area contributed by atoms with Crippen LogP contribution < -0.4 is 0 Å². The monoisotopic (exact) mass is 234 g/mol. The summed E-state index contributed by atoms with van der Waals surface area (Å²) >= 11 is 0. The second kappa shape index (κ2) is 4.19. The molecule has 0 spiro atoms. The summed E-state index contributed by atoms with van der Waals surface area (Å²) in [6.45, 7) is 2.11. The Hall–Kier alpha value is -2.28. The molecule has 1 heteroatoms. The molecular formula is C17H14O. The molecule has 88 valence electrons. The SMILES string of the molecule is Cc1cc(-c2ccc(O)cc2)c2ccccc2c1. The minimum atomic E-state index is 0.302. The first-order valence-electron chi connectivity index (χ1n) is 6.03. The van der Waals surface area contributed by atoms with E-state index in [9.17, 15) is 5.11 Å². The molecule has 18 heavy (non-hydrogen) atoms. The molecule has 0 heterocycles. The Morgan fingerprint density at radius 3 is 2.33 bits per heavy atom. The molecule has 0 saturated carbocycles. The molecule has 0 atom stereocenters. The maximum Gasteiger partial charge on any atom is 0.115 e. The minimum Gasteiger partial charge on any atom is -0.508 e. The lowest BCUT2D eigenvalue weighted by Gasteiger charge is -2.09. The number of aryl methyl sites for hydroxylation is 1. The second-order valence-electron chi connectivity index (χ2n) is 4.58. The zero-order chi connectivity index (χ0) is 12.5. The third kappa shape index (κ3) is 1.84. The molecule has 3 aromatic carbocycles. The fourth-order valence-corrected chi connectivity index (χ4v) is 2.34. The highest BCUT2D eigenvalue weighted by Gasteiger charge is 2.04. The molecule has 0 unspecified atom stereocenters. The summed E-state index contributed by atoms with van der Waals surface area (Å²) in [6, 6.07) is 20.1. The smallest absolute Gasteiger partial charge is 0.115 e. The molecule has 0 fully saturated rings. The molecule has 0 radical (unpaired) electrons. The average molecular weight is 234 g/mol. The van der Waals surface area contributed by atoms with Crippen LogP contribution in [0.25, 0.3) is 21.9 Å². The lowest BCUT2D eigenvalue weighted by molar-refractivity contribution is 0.475. The van der Waals surface area contributed by atoms with Crippen molar-refractivity contribution in [2.45, 2.75) is 6.92 Å². The van der Waals surface area contributed by atoms with Crippen LogP contribution in [0.5, 0.6) is 5.75 Å². The predicted molar refractivity (Wildman–Crippen MR) is 75.8 cm³/mol. The van der Waals surface area contributed by atoms with E-state index in [4.69, 9.17) is 0 Å². The van der Waals surface area contributed by atoms with Crippen LogP contribution in [-0.2, 0) is 0 Å². The lowest BCUT2D eigenvalue weighted by Crippen LogP contribution is -1.83. The van der Waals surface area contributed by atoms with Crippen LogP contribution in [-0.4, -0.2) is 5.11 Å². The molecule has 0 bridgehead atoms. The molecule has 3 rings (SSSR count). The van der Waals surface area contributed by atoms with Gasteiger partial charge in [-0.05, 0) is 46.5 Å². The van der Waals surface area contributed by atoms with Crippen molar-refractivity contribution in [2.24, 2.45) is 0 Å². The highest BCUT2D eigenvalue weighted by Crippen LogP contribution is 2.30. The standard InChI is InChI=1S/C17H14O/c1-12-10-14-4-2-3-5-16(14)17(11-12)13-6-8-15(18)9-7-13/h2-11,18H,1H3. The van der Waals surface area contributed by atoms with Gasteiger partial charge in [0.1, 0.15) is 5.75 Å². The van der Waals surface area contributed by atoms with Gasteiger partial charge < -0.3 is 5.11 Å². The molecular weight excluding hydrogens is 220 g/mol. The van der Waals surface area contributed by atoms with Gasteiger partial charge in [0, 0.05) is 0 Å². The molecule has 3 aromatic rings. The third-order valence-corrected chi connectivity index (χ3v) is 3.18. The zero-order valence-electron chi connectivity index (χ0n) is 10.2. The second-order valence-corrected chi connectivity index (χ2v) is 4.58. The van der Waals surface area contributed by atoms with E-state index in [2.05, 4.69) is 43.3 Å². The molecule has 1 N–H and O–H groups in total. The molecule has 0 aliphatic carbocycles. The highest BCUT2D eigenvalue weighted by molar-refractivity contribution is 5.97. The summed E-state index contributed by atoms with van der Waals surface area (Å²) in [4.78, 5) is 0. The fourth-order valence-electron chi connectivity index (χ4n) is 2.34. The van der Waals surface area contributed by atoms with Crippen LogP contribution in [0, 0.1) is 6.92 Å². The van der Waals surface area contributed by atoms with Crippen LogP contribution in [0.3, 0.4) is 0 Å². The number of phenols is 1. The van der Waals surface area contributed by atoms with Gasteiger partial charge in [-0.15, -0.1) is 0 Å². The number of fused-ring (bicyclic) bond motifs is 1. The van der Waals surface area contributed by atoms with Crippen molar-refractivity contribution in [3.63, 3.8) is 0 Å². The Morgan fingerprint density at radius 1 is 0.833 bits per heavy atom. The summed E-state index contributed by atoms with van der Waals surface area (Å²) in [5.74, 6) is 0.302. The quantitative estimate of drug-likeness (QED) is 0.656. The maximum atomic E-state index is 9.37. The number of phenolic OH excluding ortho intramolecular Hbond substituents is 1. The van der Waals surface area contributed by atoms with Crippen molar-refractivity contribution >= 4 is 10.8 Å². The predicted octanol–water partition coefficient (Wildman–Crippen LogP) is 4.52. The zero-order valence-corrected chi connectivity index (χ0v) is 10.2. The van der Waals surface area contributed by atoms with Crippen LogP contribution in [0.15, 0.2) is 60.7 Å². The van der Waals surface area contributed by atoms with E-state index in [1.807, 2.05) is 12.1 Å². The molecule has 0 amide bonds. The van der Waals surface area contributed by atoms with Crippen LogP contribution >= 0.6 is 0 Å². The van der Waals surface area contributed by atoms with Gasteiger partial charge in [-0.3, -0.25) is 0 Å². The van der Waals surface area contributed by atoms with Gasteiger partial charge in [0.15, 0.2) is 0 Å². The Kier molecular flexibility index (Phi) is 2.52. The normalized spacial score (nSPS) is 10.7. The average Bonchev–Trinajstić information content (AvgIpc) is 2.38. The lowest BCUT2D eigenvalue weighted by atomic mass is 9.96. The van der Waals surface area contributed by atoms with Crippen molar-refractivity contribution in [2.75, 3.05) is 0 Å². The summed E-state index contributed by atoms with van der Waals surface area (Å²) < 4.78 is 0. The van der Waals surface area contributed by atoms with Crippen molar-refractivity contribution in [1.82, 2.24) is 0 Å². The van der Waals surface area contributed by atoms with E-state index < -0.39 is 0 Å². The minimum absolute atomic E-state index is 0.302. The number of hydrogen-bond acceptors (Lipinski definition) is 1. The largest absolute Gasteiger partial charge is 0.508 e. The van der Waals surface area contributed by atoms with Gasteiger partial charge >= 0.3 is 0 Å². The van der Waals surface area contributed by atoms with Crippen LogP contribution in [0.2, 0.25) is 0 Å². The Bertz CT molecular complexity index is 696.